The van der Waals surface area contributed by atoms with E-state index in [-0.39, 0.29) is 35.9 Å². The molecular weight excluding hydrogens is 475 g/mol. The van der Waals surface area contributed by atoms with E-state index in [2.05, 4.69) is 21.1 Å². The van der Waals surface area contributed by atoms with E-state index < -0.39 is 40.9 Å². The van der Waals surface area contributed by atoms with Gasteiger partial charge in [-0.25, -0.2) is 14.0 Å². The van der Waals surface area contributed by atoms with Crippen LogP contribution >= 0.6 is 0 Å². The molecule has 2 aliphatic heterocycles. The van der Waals surface area contributed by atoms with Crippen molar-refractivity contribution in [3.63, 3.8) is 0 Å². The van der Waals surface area contributed by atoms with E-state index in [1.165, 1.54) is 36.3 Å². The van der Waals surface area contributed by atoms with Crippen molar-refractivity contribution in [2.75, 3.05) is 27.3 Å². The van der Waals surface area contributed by atoms with Crippen LogP contribution in [0, 0.1) is 11.2 Å². The third-order valence-electron chi connectivity index (χ3n) is 5.84. The molecule has 12 heteroatoms. The molecule has 1 aromatic carbocycles. The Morgan fingerprint density at radius 3 is 2.72 bits per heavy atom. The van der Waals surface area contributed by atoms with E-state index in [1.807, 2.05) is 0 Å². The summed E-state index contributed by atoms with van der Waals surface area (Å²) in [6.07, 6.45) is 2.71. The minimum absolute atomic E-state index is 0.0201. The number of furan rings is 1. The summed E-state index contributed by atoms with van der Waals surface area (Å²) in [7, 11) is 2.43. The average Bonchev–Trinajstić information content (AvgIpc) is 3.44. The molecule has 0 radical (unpaired) electrons. The number of halogens is 1. The Hall–Kier alpha value is -4.70. The number of imide groups is 1. The molecule has 1 saturated heterocycles. The Labute approximate surface area is 204 Å². The third-order valence-corrected chi connectivity index (χ3v) is 5.84. The molecule has 0 bridgehead atoms. The maximum absolute atomic E-state index is 14.9. The summed E-state index contributed by atoms with van der Waals surface area (Å²) in [5.74, 6) is -2.91. The van der Waals surface area contributed by atoms with Crippen molar-refractivity contribution in [3.8, 4) is 5.75 Å². The van der Waals surface area contributed by atoms with E-state index in [0.29, 0.717) is 12.0 Å². The van der Waals surface area contributed by atoms with Crippen molar-refractivity contribution >= 4 is 35.6 Å². The van der Waals surface area contributed by atoms with Crippen LogP contribution in [0.2, 0.25) is 0 Å². The highest BCUT2D eigenvalue weighted by molar-refractivity contribution is 6.39. The van der Waals surface area contributed by atoms with Crippen LogP contribution in [0.5, 0.6) is 5.75 Å². The monoisotopic (exact) mass is 496 g/mol. The summed E-state index contributed by atoms with van der Waals surface area (Å²) in [5.41, 5.74) is 0.748. The minimum Gasteiger partial charge on any atom is -0.494 e. The molecule has 1 aromatic heterocycles. The Morgan fingerprint density at radius 1 is 1.28 bits per heavy atom. The fourth-order valence-corrected chi connectivity index (χ4v) is 4.04. The van der Waals surface area contributed by atoms with Gasteiger partial charge in [-0.2, -0.15) is 0 Å². The van der Waals surface area contributed by atoms with Crippen molar-refractivity contribution < 1.29 is 37.5 Å². The summed E-state index contributed by atoms with van der Waals surface area (Å²) < 4.78 is 30.0. The Balaban J connectivity index is 1.65. The van der Waals surface area contributed by atoms with Crippen molar-refractivity contribution in [1.29, 1.82) is 5.41 Å². The number of methoxy groups -OCH3 is 2. The first-order chi connectivity index (χ1) is 17.2. The number of amides is 4. The van der Waals surface area contributed by atoms with E-state index >= 15 is 0 Å². The molecule has 0 saturated carbocycles. The zero-order valence-corrected chi connectivity index (χ0v) is 19.3. The van der Waals surface area contributed by atoms with Gasteiger partial charge in [0.1, 0.15) is 17.2 Å². The Kier molecular flexibility index (Phi) is 6.45. The molecule has 3 heterocycles. The standard InChI is InChI=1S/C24H21FN4O7/c1-34-16-8-6-13-10-11-29(20(30)18(13)19(16)25)12-24(22(32)27-23(33)28-24)17-9-7-14(36-17)4-3-5-15(26)21(31)35-2/h4-9,26H,10-12H2,1-2H3,(H2,27,28,32,33)/t3?,24-/m0/s1. The Bertz CT molecular complexity index is 1360. The second-order valence-electron chi connectivity index (χ2n) is 7.97. The minimum atomic E-state index is -1.77. The number of rotatable bonds is 7. The number of carbonyl (C=O) groups excluding carboxylic acids is 4. The highest BCUT2D eigenvalue weighted by Crippen LogP contribution is 2.33. The summed E-state index contributed by atoms with van der Waals surface area (Å²) in [4.78, 5) is 50.8. The van der Waals surface area contributed by atoms with Gasteiger partial charge < -0.3 is 24.1 Å². The highest BCUT2D eigenvalue weighted by atomic mass is 19.1. The molecule has 11 nitrogen and oxygen atoms in total. The fraction of sp³-hybridized carbons (Fsp3) is 0.250. The molecule has 0 aliphatic carbocycles. The number of ether oxygens (including phenoxy) is 2. The molecule has 1 atom stereocenters. The molecule has 36 heavy (non-hydrogen) atoms. The first-order valence-electron chi connectivity index (χ1n) is 10.7. The van der Waals surface area contributed by atoms with Crippen molar-refractivity contribution in [3.05, 3.63) is 64.5 Å². The van der Waals surface area contributed by atoms with Crippen LogP contribution in [0.15, 0.2) is 40.5 Å². The lowest BCUT2D eigenvalue weighted by Gasteiger charge is -2.35. The van der Waals surface area contributed by atoms with E-state index in [9.17, 15) is 23.6 Å². The first-order valence-corrected chi connectivity index (χ1v) is 10.7. The van der Waals surface area contributed by atoms with Gasteiger partial charge in [0.15, 0.2) is 17.1 Å². The summed E-state index contributed by atoms with van der Waals surface area (Å²) in [5, 5.41) is 12.2. The van der Waals surface area contributed by atoms with Crippen LogP contribution in [0.3, 0.4) is 0 Å². The number of hydrogen-bond acceptors (Lipinski definition) is 8. The lowest BCUT2D eigenvalue weighted by Crippen LogP contribution is -2.55. The molecular formula is C24H21FN4O7. The van der Waals surface area contributed by atoms with Gasteiger partial charge in [0.05, 0.1) is 26.3 Å². The van der Waals surface area contributed by atoms with Crippen LogP contribution in [-0.2, 0) is 26.3 Å². The molecule has 2 aliphatic rings. The summed E-state index contributed by atoms with van der Waals surface area (Å²) in [6.45, 7) is -0.145. The maximum Gasteiger partial charge on any atom is 0.356 e. The van der Waals surface area contributed by atoms with Gasteiger partial charge in [0, 0.05) is 18.7 Å². The number of urea groups is 1. The van der Waals surface area contributed by atoms with Gasteiger partial charge in [-0.1, -0.05) is 6.07 Å². The van der Waals surface area contributed by atoms with E-state index in [4.69, 9.17) is 14.6 Å². The highest BCUT2D eigenvalue weighted by Gasteiger charge is 2.52. The lowest BCUT2D eigenvalue weighted by atomic mass is 9.92. The predicted molar refractivity (Wildman–Crippen MR) is 122 cm³/mol. The predicted octanol–water partition coefficient (Wildman–Crippen LogP) is 1.52. The maximum atomic E-state index is 14.9. The second-order valence-corrected chi connectivity index (χ2v) is 7.97. The normalized spacial score (nSPS) is 18.5. The van der Waals surface area contributed by atoms with Crippen LogP contribution in [0.25, 0.3) is 6.08 Å². The van der Waals surface area contributed by atoms with Gasteiger partial charge in [-0.3, -0.25) is 20.3 Å². The molecule has 4 rings (SSSR count). The van der Waals surface area contributed by atoms with Gasteiger partial charge in [-0.15, -0.1) is 5.73 Å². The zero-order valence-electron chi connectivity index (χ0n) is 19.3. The van der Waals surface area contributed by atoms with Crippen LogP contribution < -0.4 is 15.4 Å². The molecule has 0 unspecified atom stereocenters. The van der Waals surface area contributed by atoms with Crippen molar-refractivity contribution in [2.45, 2.75) is 12.0 Å². The van der Waals surface area contributed by atoms with Gasteiger partial charge in [0.25, 0.3) is 11.8 Å². The number of nitrogens with zero attached hydrogens (tertiary/aromatic N) is 1. The number of esters is 1. The van der Waals surface area contributed by atoms with Crippen LogP contribution in [0.1, 0.15) is 27.4 Å². The second kappa shape index (κ2) is 9.51. The van der Waals surface area contributed by atoms with Crippen molar-refractivity contribution in [2.24, 2.45) is 0 Å². The third kappa shape index (κ3) is 4.25. The molecule has 186 valence electrons. The molecule has 3 N–H and O–H groups in total. The smallest absolute Gasteiger partial charge is 0.356 e. The van der Waals surface area contributed by atoms with Gasteiger partial charge in [-0.05, 0) is 30.2 Å². The SMILES string of the molecule is COC(=O)C(=N)C=C=Cc1ccc([C@]2(CN3CCc4ccc(OC)c(F)c4C3=O)NC(=O)NC2=O)o1. The number of benzene rings is 1. The molecule has 1 fully saturated rings. The number of nitrogens with one attached hydrogen (secondary N) is 3. The zero-order chi connectivity index (χ0) is 26.0. The number of carbonyl (C=O) groups is 4. The topological polar surface area (TPSA) is 151 Å². The van der Waals surface area contributed by atoms with E-state index in [0.717, 1.165) is 13.2 Å². The molecule has 4 amide bonds. The first kappa shape index (κ1) is 24.4. The largest absolute Gasteiger partial charge is 0.494 e. The molecule has 2 aromatic rings. The summed E-state index contributed by atoms with van der Waals surface area (Å²) in [6, 6.07) is 5.20. The van der Waals surface area contributed by atoms with E-state index in [1.54, 1.807) is 6.07 Å². The Morgan fingerprint density at radius 2 is 2.06 bits per heavy atom. The molecule has 0 spiro atoms. The lowest BCUT2D eigenvalue weighted by molar-refractivity contribution is -0.132. The van der Waals surface area contributed by atoms with Crippen LogP contribution in [-0.4, -0.2) is 61.7 Å². The average molecular weight is 496 g/mol. The van der Waals surface area contributed by atoms with Crippen molar-refractivity contribution in [1.82, 2.24) is 15.5 Å². The fourth-order valence-electron chi connectivity index (χ4n) is 4.04. The number of hydrogen-bond donors (Lipinski definition) is 3. The van der Waals surface area contributed by atoms with Gasteiger partial charge >= 0.3 is 12.0 Å². The van der Waals surface area contributed by atoms with Crippen LogP contribution in [0.4, 0.5) is 9.18 Å². The summed E-state index contributed by atoms with van der Waals surface area (Å²) >= 11 is 0. The quantitative estimate of drug-likeness (QED) is 0.228. The number of fused-ring (bicyclic) bond motifs is 1. The van der Waals surface area contributed by atoms with Gasteiger partial charge in [0.2, 0.25) is 0 Å².